The van der Waals surface area contributed by atoms with Crippen molar-refractivity contribution in [3.8, 4) is 18.0 Å². The summed E-state index contributed by atoms with van der Waals surface area (Å²) in [5.74, 6) is 1.08. The molecule has 1 aliphatic rings. The van der Waals surface area contributed by atoms with Gasteiger partial charge in [0.05, 0.1) is 17.3 Å². The molecule has 0 bridgehead atoms. The van der Waals surface area contributed by atoms with Gasteiger partial charge in [-0.3, -0.25) is 5.32 Å². The minimum absolute atomic E-state index is 0.00358. The van der Waals surface area contributed by atoms with Crippen molar-refractivity contribution >= 4 is 39.2 Å². The molecule has 9 nitrogen and oxygen atoms in total. The second kappa shape index (κ2) is 7.02. The first-order chi connectivity index (χ1) is 12.9. The zero-order valence-corrected chi connectivity index (χ0v) is 16.0. The van der Waals surface area contributed by atoms with E-state index < -0.39 is 6.04 Å². The zero-order valence-electron chi connectivity index (χ0n) is 14.5. The van der Waals surface area contributed by atoms with Gasteiger partial charge in [0.25, 0.3) is 0 Å². The van der Waals surface area contributed by atoms with Crippen LogP contribution >= 0.6 is 15.9 Å². The SMILES string of the molecule is COc1c(Br)ccc(C)c1C1N=C(NC#N)Nc2nc(N)c(C#N)c(N)c21. The van der Waals surface area contributed by atoms with Crippen molar-refractivity contribution in [1.82, 2.24) is 10.3 Å². The Hall–Kier alpha value is -3.50. The number of nitrogens with one attached hydrogen (secondary N) is 2. The van der Waals surface area contributed by atoms with Crippen LogP contribution in [0.5, 0.6) is 5.75 Å². The van der Waals surface area contributed by atoms with E-state index in [4.69, 9.17) is 21.5 Å². The van der Waals surface area contributed by atoms with E-state index in [9.17, 15) is 5.26 Å². The van der Waals surface area contributed by atoms with Crippen LogP contribution in [0, 0.1) is 29.7 Å². The number of methoxy groups -OCH3 is 1. The van der Waals surface area contributed by atoms with Crippen LogP contribution in [-0.4, -0.2) is 18.1 Å². The molecule has 1 aromatic carbocycles. The maximum absolute atomic E-state index is 9.40. The van der Waals surface area contributed by atoms with Crippen molar-refractivity contribution in [2.75, 3.05) is 23.9 Å². The van der Waals surface area contributed by atoms with Gasteiger partial charge in [-0.15, -0.1) is 0 Å². The summed E-state index contributed by atoms with van der Waals surface area (Å²) in [6.45, 7) is 1.91. The molecule has 0 amide bonds. The number of nitrogens with two attached hydrogens (primary N) is 2. The van der Waals surface area contributed by atoms with Gasteiger partial charge in [0.2, 0.25) is 5.96 Å². The summed E-state index contributed by atoms with van der Waals surface area (Å²) in [7, 11) is 1.55. The first-order valence-electron chi connectivity index (χ1n) is 7.74. The maximum atomic E-state index is 9.40. The molecule has 27 heavy (non-hydrogen) atoms. The zero-order chi connectivity index (χ0) is 19.7. The van der Waals surface area contributed by atoms with Gasteiger partial charge in [0.15, 0.2) is 6.19 Å². The van der Waals surface area contributed by atoms with Gasteiger partial charge in [-0.05, 0) is 34.5 Å². The summed E-state index contributed by atoms with van der Waals surface area (Å²) in [6, 6.07) is 5.09. The second-order valence-electron chi connectivity index (χ2n) is 5.71. The number of halogens is 1. The van der Waals surface area contributed by atoms with Crippen LogP contribution in [0.4, 0.5) is 17.3 Å². The van der Waals surface area contributed by atoms with Crippen LogP contribution in [0.15, 0.2) is 21.6 Å². The van der Waals surface area contributed by atoms with E-state index in [1.807, 2.05) is 31.3 Å². The summed E-state index contributed by atoms with van der Waals surface area (Å²) >= 11 is 3.48. The number of aromatic nitrogens is 1. The fourth-order valence-corrected chi connectivity index (χ4v) is 3.52. The summed E-state index contributed by atoms with van der Waals surface area (Å²) in [6.07, 6.45) is 1.82. The van der Waals surface area contributed by atoms with E-state index in [1.54, 1.807) is 7.11 Å². The number of pyridine rings is 1. The number of hydrogen-bond acceptors (Lipinski definition) is 9. The predicted octanol–water partition coefficient (Wildman–Crippen LogP) is 2.14. The molecule has 0 fully saturated rings. The topological polar surface area (TPSA) is 158 Å². The Kier molecular flexibility index (Phi) is 4.75. The highest BCUT2D eigenvalue weighted by Crippen LogP contribution is 2.46. The molecular weight excluding hydrogens is 412 g/mol. The average Bonchev–Trinajstić information content (AvgIpc) is 2.63. The van der Waals surface area contributed by atoms with E-state index in [2.05, 4.69) is 36.5 Å². The van der Waals surface area contributed by atoms with Crippen molar-refractivity contribution in [2.45, 2.75) is 13.0 Å². The lowest BCUT2D eigenvalue weighted by Crippen LogP contribution is -2.33. The third-order valence-electron chi connectivity index (χ3n) is 4.20. The highest BCUT2D eigenvalue weighted by molar-refractivity contribution is 9.10. The third-order valence-corrected chi connectivity index (χ3v) is 4.83. The monoisotopic (exact) mass is 426 g/mol. The molecular formula is C17H15BrN8O. The molecule has 0 radical (unpaired) electrons. The number of anilines is 3. The van der Waals surface area contributed by atoms with Gasteiger partial charge in [0.1, 0.15) is 35.1 Å². The first kappa shape index (κ1) is 18.3. The number of aliphatic imine (C=N–C) groups is 1. The van der Waals surface area contributed by atoms with Crippen LogP contribution < -0.4 is 26.8 Å². The number of guanidine groups is 1. The normalized spacial score (nSPS) is 14.9. The highest BCUT2D eigenvalue weighted by Gasteiger charge is 2.32. The second-order valence-corrected chi connectivity index (χ2v) is 6.57. The Labute approximate surface area is 163 Å². The molecule has 1 aromatic heterocycles. The predicted molar refractivity (Wildman–Crippen MR) is 105 cm³/mol. The van der Waals surface area contributed by atoms with Crippen molar-refractivity contribution in [2.24, 2.45) is 4.99 Å². The fourth-order valence-electron chi connectivity index (χ4n) is 3.01. The summed E-state index contributed by atoms with van der Waals surface area (Å²) in [5.41, 5.74) is 14.5. The van der Waals surface area contributed by atoms with Crippen LogP contribution in [0.25, 0.3) is 0 Å². The molecule has 2 heterocycles. The van der Waals surface area contributed by atoms with Crippen molar-refractivity contribution in [1.29, 1.82) is 10.5 Å². The smallest absolute Gasteiger partial charge is 0.211 e. The van der Waals surface area contributed by atoms with E-state index in [0.717, 1.165) is 15.6 Å². The number of nitrogen functional groups attached to an aromatic ring is 2. The average molecular weight is 427 g/mol. The lowest BCUT2D eigenvalue weighted by Gasteiger charge is -2.28. The van der Waals surface area contributed by atoms with Gasteiger partial charge >= 0.3 is 0 Å². The number of nitriles is 2. The van der Waals surface area contributed by atoms with Crippen molar-refractivity contribution in [3.63, 3.8) is 0 Å². The number of ether oxygens (including phenoxy) is 1. The Morgan fingerprint density at radius 1 is 1.30 bits per heavy atom. The highest BCUT2D eigenvalue weighted by atomic mass is 79.9. The summed E-state index contributed by atoms with van der Waals surface area (Å²) in [5, 5.41) is 23.7. The molecule has 0 aliphatic carbocycles. The Morgan fingerprint density at radius 2 is 2.04 bits per heavy atom. The van der Waals surface area contributed by atoms with Crippen molar-refractivity contribution < 1.29 is 4.74 Å². The molecule has 0 saturated carbocycles. The largest absolute Gasteiger partial charge is 0.495 e. The van der Waals surface area contributed by atoms with Gasteiger partial charge in [-0.1, -0.05) is 6.07 Å². The minimum atomic E-state index is -0.662. The number of benzene rings is 1. The number of fused-ring (bicyclic) bond motifs is 1. The molecule has 2 aromatic rings. The Morgan fingerprint density at radius 3 is 2.67 bits per heavy atom. The molecule has 1 unspecified atom stereocenters. The number of nitrogens with zero attached hydrogens (tertiary/aromatic N) is 4. The van der Waals surface area contributed by atoms with E-state index in [1.165, 1.54) is 0 Å². The van der Waals surface area contributed by atoms with Gasteiger partial charge in [-0.2, -0.15) is 10.5 Å². The first-order valence-corrected chi connectivity index (χ1v) is 8.54. The number of hydrogen-bond donors (Lipinski definition) is 4. The van der Waals surface area contributed by atoms with Crippen LogP contribution in [0.1, 0.15) is 28.3 Å². The molecule has 0 spiro atoms. The Bertz CT molecular complexity index is 1050. The fraction of sp³-hybridized carbons (Fsp3) is 0.176. The summed E-state index contributed by atoms with van der Waals surface area (Å²) in [4.78, 5) is 8.80. The molecule has 136 valence electrons. The van der Waals surface area contributed by atoms with Crippen LogP contribution in [0.2, 0.25) is 0 Å². The number of aryl methyl sites for hydroxylation is 1. The number of rotatable bonds is 2. The standard InChI is InChI=1S/C17H15BrN8O/c1-7-3-4-9(18)14(27-2)10(7)13-11-12(21)8(5-19)15(22)25-16(11)26-17(24-13)23-6-20/h3-4,13H,1-2H3,(H6,21,22,23,24,25,26). The Balaban J connectivity index is 2.36. The quantitative estimate of drug-likeness (QED) is 0.419. The van der Waals surface area contributed by atoms with E-state index >= 15 is 0 Å². The molecule has 1 atom stereocenters. The van der Waals surface area contributed by atoms with Crippen LogP contribution in [-0.2, 0) is 0 Å². The van der Waals surface area contributed by atoms with Crippen molar-refractivity contribution in [3.05, 3.63) is 38.9 Å². The van der Waals surface area contributed by atoms with Crippen LogP contribution in [0.3, 0.4) is 0 Å². The van der Waals surface area contributed by atoms with Gasteiger partial charge in [0, 0.05) is 11.1 Å². The van der Waals surface area contributed by atoms with E-state index in [0.29, 0.717) is 17.1 Å². The molecule has 1 aliphatic heterocycles. The molecule has 6 N–H and O–H groups in total. The molecule has 10 heteroatoms. The maximum Gasteiger partial charge on any atom is 0.211 e. The molecule has 0 saturated heterocycles. The van der Waals surface area contributed by atoms with E-state index in [-0.39, 0.29) is 23.0 Å². The minimum Gasteiger partial charge on any atom is -0.495 e. The molecule has 3 rings (SSSR count). The van der Waals surface area contributed by atoms with Gasteiger partial charge in [-0.25, -0.2) is 9.98 Å². The van der Waals surface area contributed by atoms with Gasteiger partial charge < -0.3 is 21.5 Å². The summed E-state index contributed by atoms with van der Waals surface area (Å²) < 4.78 is 6.30. The lowest BCUT2D eigenvalue weighted by molar-refractivity contribution is 0.404. The third kappa shape index (κ3) is 2.96. The lowest BCUT2D eigenvalue weighted by atomic mass is 9.91.